The molecule has 0 radical (unpaired) electrons. The van der Waals surface area contributed by atoms with Crippen molar-refractivity contribution in [2.75, 3.05) is 26.8 Å². The lowest BCUT2D eigenvalue weighted by Crippen LogP contribution is -2.36. The molecule has 0 aliphatic heterocycles. The van der Waals surface area contributed by atoms with Crippen LogP contribution in [0.25, 0.3) is 6.08 Å². The lowest BCUT2D eigenvalue weighted by Gasteiger charge is -2.11. The average Bonchev–Trinajstić information content (AvgIpc) is 2.50. The minimum Gasteiger partial charge on any atom is -0.493 e. The molecule has 1 rings (SSSR count). The van der Waals surface area contributed by atoms with Crippen molar-refractivity contribution in [3.8, 4) is 11.5 Å². The first-order valence-electron chi connectivity index (χ1n) is 7.01. The molecular weight excluding hydrogens is 284 g/mol. The van der Waals surface area contributed by atoms with Crippen molar-refractivity contribution in [3.63, 3.8) is 0 Å². The lowest BCUT2D eigenvalue weighted by atomic mass is 10.2. The monoisotopic (exact) mass is 306 g/mol. The molecule has 120 valence electrons. The Hall–Kier alpha value is -2.50. The fourth-order valence-corrected chi connectivity index (χ4v) is 1.73. The summed E-state index contributed by atoms with van der Waals surface area (Å²) in [5.74, 6) is 0.691. The Morgan fingerprint density at radius 2 is 1.91 bits per heavy atom. The summed E-state index contributed by atoms with van der Waals surface area (Å²) in [6.45, 7) is 4.00. The third-order valence-electron chi connectivity index (χ3n) is 2.73. The van der Waals surface area contributed by atoms with Gasteiger partial charge >= 0.3 is 0 Å². The van der Waals surface area contributed by atoms with Crippen LogP contribution in [-0.2, 0) is 9.59 Å². The highest BCUT2D eigenvalue weighted by molar-refractivity contribution is 5.77. The Balaban J connectivity index is 2.46. The maximum Gasteiger partial charge on any atom is 0.258 e. The molecule has 22 heavy (non-hydrogen) atoms. The Morgan fingerprint density at radius 3 is 2.55 bits per heavy atom. The van der Waals surface area contributed by atoms with Crippen LogP contribution >= 0.6 is 0 Å². The molecule has 0 fully saturated rings. The van der Waals surface area contributed by atoms with E-state index in [9.17, 15) is 9.59 Å². The number of rotatable bonds is 8. The molecule has 6 heteroatoms. The summed E-state index contributed by atoms with van der Waals surface area (Å²) in [6.07, 6.45) is 3.87. The highest BCUT2D eigenvalue weighted by Gasteiger charge is 2.07. The van der Waals surface area contributed by atoms with E-state index in [1.165, 1.54) is 6.92 Å². The second-order valence-corrected chi connectivity index (χ2v) is 4.53. The second-order valence-electron chi connectivity index (χ2n) is 4.53. The summed E-state index contributed by atoms with van der Waals surface area (Å²) in [6, 6.07) is 5.48. The van der Waals surface area contributed by atoms with Gasteiger partial charge in [0.25, 0.3) is 5.91 Å². The van der Waals surface area contributed by atoms with Crippen LogP contribution in [0.1, 0.15) is 19.4 Å². The summed E-state index contributed by atoms with van der Waals surface area (Å²) in [5.41, 5.74) is 0.992. The molecule has 0 aromatic heterocycles. The highest BCUT2D eigenvalue weighted by atomic mass is 16.5. The van der Waals surface area contributed by atoms with E-state index in [0.29, 0.717) is 24.6 Å². The van der Waals surface area contributed by atoms with Gasteiger partial charge in [-0.05, 0) is 24.6 Å². The van der Waals surface area contributed by atoms with Gasteiger partial charge in [0.15, 0.2) is 18.1 Å². The fraction of sp³-hybridized carbons (Fsp3) is 0.375. The van der Waals surface area contributed by atoms with Gasteiger partial charge in [-0.3, -0.25) is 9.59 Å². The van der Waals surface area contributed by atoms with E-state index in [1.54, 1.807) is 13.2 Å². The number of allylic oxidation sites excluding steroid dienone is 1. The minimum absolute atomic E-state index is 0.112. The molecule has 0 aliphatic rings. The van der Waals surface area contributed by atoms with Crippen molar-refractivity contribution in [2.45, 2.75) is 13.8 Å². The van der Waals surface area contributed by atoms with E-state index >= 15 is 0 Å². The molecule has 0 bridgehead atoms. The minimum atomic E-state index is -0.259. The van der Waals surface area contributed by atoms with Gasteiger partial charge in [0.1, 0.15) is 0 Å². The zero-order valence-corrected chi connectivity index (χ0v) is 13.1. The Morgan fingerprint density at radius 1 is 1.18 bits per heavy atom. The van der Waals surface area contributed by atoms with Gasteiger partial charge in [-0.2, -0.15) is 0 Å². The predicted molar refractivity (Wildman–Crippen MR) is 84.9 cm³/mol. The smallest absolute Gasteiger partial charge is 0.258 e. The quantitative estimate of drug-likeness (QED) is 0.711. The second kappa shape index (κ2) is 9.44. The van der Waals surface area contributed by atoms with Crippen molar-refractivity contribution < 1.29 is 19.1 Å². The van der Waals surface area contributed by atoms with Crippen molar-refractivity contribution in [2.24, 2.45) is 0 Å². The number of hydrogen-bond acceptors (Lipinski definition) is 4. The van der Waals surface area contributed by atoms with Gasteiger partial charge in [-0.1, -0.05) is 18.2 Å². The summed E-state index contributed by atoms with van der Waals surface area (Å²) in [7, 11) is 1.55. The molecule has 0 aliphatic carbocycles. The zero-order chi connectivity index (χ0) is 16.4. The molecular formula is C16H22N2O4. The standard InChI is InChI=1S/C16H22N2O4/c1-4-5-13-6-7-14(15(10-13)21-3)22-11-16(20)18-9-8-17-12(2)19/h4-7,10H,8-9,11H2,1-3H3,(H,17,19)(H,18,20). The average molecular weight is 306 g/mol. The van der Waals surface area contributed by atoms with E-state index < -0.39 is 0 Å². The van der Waals surface area contributed by atoms with Crippen LogP contribution in [0, 0.1) is 0 Å². The first kappa shape index (κ1) is 17.6. The number of methoxy groups -OCH3 is 1. The largest absolute Gasteiger partial charge is 0.493 e. The van der Waals surface area contributed by atoms with Crippen LogP contribution in [0.2, 0.25) is 0 Å². The Labute approximate surface area is 130 Å². The van der Waals surface area contributed by atoms with E-state index in [-0.39, 0.29) is 18.4 Å². The zero-order valence-electron chi connectivity index (χ0n) is 13.1. The van der Waals surface area contributed by atoms with Gasteiger partial charge in [0, 0.05) is 20.0 Å². The molecule has 1 aromatic rings. The molecule has 0 unspecified atom stereocenters. The topological polar surface area (TPSA) is 76.7 Å². The van der Waals surface area contributed by atoms with Gasteiger partial charge in [-0.15, -0.1) is 0 Å². The van der Waals surface area contributed by atoms with Crippen molar-refractivity contribution in [1.82, 2.24) is 10.6 Å². The fourth-order valence-electron chi connectivity index (χ4n) is 1.73. The molecule has 2 N–H and O–H groups in total. The molecule has 1 aromatic carbocycles. The first-order valence-corrected chi connectivity index (χ1v) is 7.01. The molecule has 0 saturated carbocycles. The number of hydrogen-bond donors (Lipinski definition) is 2. The highest BCUT2D eigenvalue weighted by Crippen LogP contribution is 2.28. The molecule has 0 heterocycles. The van der Waals surface area contributed by atoms with Crippen molar-refractivity contribution in [3.05, 3.63) is 29.8 Å². The van der Waals surface area contributed by atoms with Crippen molar-refractivity contribution >= 4 is 17.9 Å². The normalized spacial score (nSPS) is 10.3. The summed E-state index contributed by atoms with van der Waals surface area (Å²) >= 11 is 0. The van der Waals surface area contributed by atoms with Crippen LogP contribution in [0.15, 0.2) is 24.3 Å². The summed E-state index contributed by atoms with van der Waals surface area (Å²) in [4.78, 5) is 22.3. The number of ether oxygens (including phenoxy) is 2. The Bertz CT molecular complexity index is 541. The molecule has 6 nitrogen and oxygen atoms in total. The predicted octanol–water partition coefficient (Wildman–Crippen LogP) is 1.36. The SMILES string of the molecule is CC=Cc1ccc(OCC(=O)NCCNC(C)=O)c(OC)c1. The molecule has 2 amide bonds. The number of benzene rings is 1. The maximum atomic E-state index is 11.6. The maximum absolute atomic E-state index is 11.6. The van der Waals surface area contributed by atoms with Crippen LogP contribution in [0.5, 0.6) is 11.5 Å². The van der Waals surface area contributed by atoms with Crippen molar-refractivity contribution in [1.29, 1.82) is 0 Å². The number of nitrogens with one attached hydrogen (secondary N) is 2. The van der Waals surface area contributed by atoms with E-state index in [0.717, 1.165) is 5.56 Å². The van der Waals surface area contributed by atoms with Gasteiger partial charge in [-0.25, -0.2) is 0 Å². The van der Waals surface area contributed by atoms with E-state index in [4.69, 9.17) is 9.47 Å². The van der Waals surface area contributed by atoms with Crippen LogP contribution < -0.4 is 20.1 Å². The summed E-state index contributed by atoms with van der Waals surface area (Å²) < 4.78 is 10.7. The van der Waals surface area contributed by atoms with Gasteiger partial charge in [0.05, 0.1) is 7.11 Å². The van der Waals surface area contributed by atoms with Crippen LogP contribution in [0.4, 0.5) is 0 Å². The molecule has 0 spiro atoms. The number of amides is 2. The van der Waals surface area contributed by atoms with Crippen LogP contribution in [-0.4, -0.2) is 38.6 Å². The summed E-state index contributed by atoms with van der Waals surface area (Å²) in [5, 5.41) is 5.24. The number of carbonyl (C=O) groups excluding carboxylic acids is 2. The Kier molecular flexibility index (Phi) is 7.53. The third kappa shape index (κ3) is 6.30. The lowest BCUT2D eigenvalue weighted by molar-refractivity contribution is -0.123. The van der Waals surface area contributed by atoms with E-state index in [2.05, 4.69) is 10.6 Å². The molecule has 0 atom stereocenters. The molecule has 0 saturated heterocycles. The van der Waals surface area contributed by atoms with Gasteiger partial charge < -0.3 is 20.1 Å². The third-order valence-corrected chi connectivity index (χ3v) is 2.73. The van der Waals surface area contributed by atoms with Crippen LogP contribution in [0.3, 0.4) is 0 Å². The van der Waals surface area contributed by atoms with E-state index in [1.807, 2.05) is 31.2 Å². The van der Waals surface area contributed by atoms with Gasteiger partial charge in [0.2, 0.25) is 5.91 Å². The first-order chi connectivity index (χ1) is 10.6. The number of carbonyl (C=O) groups is 2.